The van der Waals surface area contributed by atoms with Crippen molar-refractivity contribution in [3.63, 3.8) is 0 Å². The zero-order valence-electron chi connectivity index (χ0n) is 44.0. The van der Waals surface area contributed by atoms with Crippen molar-refractivity contribution < 1.29 is 42.1 Å². The fraction of sp³-hybridized carbons (Fsp3) is 0.964. The zero-order chi connectivity index (χ0) is 47.8. The van der Waals surface area contributed by atoms with Crippen LogP contribution < -0.4 is 4.89 Å². The Morgan fingerprint density at radius 3 is 0.985 bits per heavy atom. The van der Waals surface area contributed by atoms with E-state index in [0.29, 0.717) is 17.4 Å². The van der Waals surface area contributed by atoms with Crippen molar-refractivity contribution in [1.82, 2.24) is 0 Å². The number of likely N-dealkylation sites (N-methyl/N-ethyl adjacent to an activating group) is 1. The Hall–Kier alpha value is -0.990. The smallest absolute Gasteiger partial charge is 0.306 e. The Labute approximate surface area is 404 Å². The number of phosphoric ester groups is 1. The van der Waals surface area contributed by atoms with Crippen LogP contribution in [0.15, 0.2) is 0 Å². The van der Waals surface area contributed by atoms with Crippen LogP contribution in [0.25, 0.3) is 0 Å². The second-order valence-corrected chi connectivity index (χ2v) is 22.1. The van der Waals surface area contributed by atoms with Gasteiger partial charge in [0.1, 0.15) is 19.8 Å². The molecule has 2 atom stereocenters. The number of hydrogen-bond donors (Lipinski definition) is 0. The van der Waals surface area contributed by atoms with E-state index in [-0.39, 0.29) is 32.0 Å². The van der Waals surface area contributed by atoms with E-state index in [4.69, 9.17) is 18.5 Å². The van der Waals surface area contributed by atoms with E-state index in [0.717, 1.165) is 32.1 Å². The van der Waals surface area contributed by atoms with Crippen molar-refractivity contribution in [1.29, 1.82) is 0 Å². The number of esters is 2. The minimum Gasteiger partial charge on any atom is -0.756 e. The number of unbranched alkanes of at least 4 members (excludes halogenated alkanes) is 39. The molecule has 0 N–H and O–H groups in total. The van der Waals surface area contributed by atoms with Crippen LogP contribution in [0.1, 0.15) is 290 Å². The summed E-state index contributed by atoms with van der Waals surface area (Å²) in [6.45, 7) is 4.31. The molecule has 0 heterocycles. The third kappa shape index (κ3) is 52.2. The van der Waals surface area contributed by atoms with Crippen molar-refractivity contribution >= 4 is 19.8 Å². The number of quaternary nitrogens is 1. The van der Waals surface area contributed by atoms with Crippen LogP contribution in [0.3, 0.4) is 0 Å². The molecule has 0 aromatic heterocycles. The van der Waals surface area contributed by atoms with Gasteiger partial charge in [-0.2, -0.15) is 0 Å². The SMILES string of the molecule is CCCCCCCCCCCCCCCCCCCCCCCCC(=O)OC(COC(=O)CCCCCCCCCCCCCCCCCCCCC)COP(=O)([O-])OCC[N+](C)(C)C. The van der Waals surface area contributed by atoms with Crippen LogP contribution >= 0.6 is 7.82 Å². The highest BCUT2D eigenvalue weighted by atomic mass is 31.2. The maximum atomic E-state index is 12.8. The van der Waals surface area contributed by atoms with Crippen molar-refractivity contribution in [2.24, 2.45) is 0 Å². The van der Waals surface area contributed by atoms with Gasteiger partial charge in [0.15, 0.2) is 6.10 Å². The Morgan fingerprint density at radius 2 is 0.692 bits per heavy atom. The second kappa shape index (κ2) is 48.1. The topological polar surface area (TPSA) is 111 Å². The lowest BCUT2D eigenvalue weighted by Crippen LogP contribution is -2.37. The number of hydrogen-bond acceptors (Lipinski definition) is 8. The van der Waals surface area contributed by atoms with Crippen LogP contribution in [-0.2, 0) is 32.7 Å². The molecule has 10 heteroatoms. The summed E-state index contributed by atoms with van der Waals surface area (Å²) in [6, 6.07) is 0. The second-order valence-electron chi connectivity index (χ2n) is 20.7. The number of carbonyl (C=O) groups is 2. The highest BCUT2D eigenvalue weighted by Gasteiger charge is 2.22. The summed E-state index contributed by atoms with van der Waals surface area (Å²) >= 11 is 0. The van der Waals surface area contributed by atoms with Crippen LogP contribution in [0.2, 0.25) is 0 Å². The number of ether oxygens (including phenoxy) is 2. The molecule has 0 fully saturated rings. The molecule has 0 bridgehead atoms. The van der Waals surface area contributed by atoms with Gasteiger partial charge in [0.25, 0.3) is 7.82 Å². The Bertz CT molecular complexity index is 1070. The number of nitrogens with zero attached hydrogens (tertiary/aromatic N) is 1. The first-order chi connectivity index (χ1) is 31.5. The summed E-state index contributed by atoms with van der Waals surface area (Å²) in [5.74, 6) is -0.810. The molecule has 9 nitrogen and oxygen atoms in total. The van der Waals surface area contributed by atoms with E-state index >= 15 is 0 Å². The third-order valence-electron chi connectivity index (χ3n) is 12.9. The fourth-order valence-electron chi connectivity index (χ4n) is 8.48. The number of rotatable bonds is 53. The molecule has 0 radical (unpaired) electrons. The van der Waals surface area contributed by atoms with Gasteiger partial charge >= 0.3 is 11.9 Å². The van der Waals surface area contributed by atoms with E-state index in [1.807, 2.05) is 21.1 Å². The van der Waals surface area contributed by atoms with Crippen molar-refractivity contribution in [2.75, 3.05) is 47.5 Å². The highest BCUT2D eigenvalue weighted by molar-refractivity contribution is 7.45. The maximum absolute atomic E-state index is 12.8. The van der Waals surface area contributed by atoms with Gasteiger partial charge in [-0.15, -0.1) is 0 Å². The van der Waals surface area contributed by atoms with Gasteiger partial charge in [0, 0.05) is 12.8 Å². The minimum absolute atomic E-state index is 0.0251. The van der Waals surface area contributed by atoms with Gasteiger partial charge in [0.05, 0.1) is 27.7 Å². The van der Waals surface area contributed by atoms with Gasteiger partial charge in [-0.3, -0.25) is 14.2 Å². The molecule has 0 amide bonds. The lowest BCUT2D eigenvalue weighted by atomic mass is 10.0. The van der Waals surface area contributed by atoms with Gasteiger partial charge in [0.2, 0.25) is 0 Å². The summed E-state index contributed by atoms with van der Waals surface area (Å²) < 4.78 is 34.2. The Balaban J connectivity index is 4.13. The predicted octanol–water partition coefficient (Wildman–Crippen LogP) is 16.5. The van der Waals surface area contributed by atoms with E-state index in [9.17, 15) is 19.0 Å². The summed E-state index contributed by atoms with van der Waals surface area (Å²) in [5.41, 5.74) is 0. The van der Waals surface area contributed by atoms with E-state index < -0.39 is 26.5 Å². The lowest BCUT2D eigenvalue weighted by molar-refractivity contribution is -0.870. The molecule has 388 valence electrons. The molecular weight excluding hydrogens is 834 g/mol. The van der Waals surface area contributed by atoms with Crippen LogP contribution in [-0.4, -0.2) is 70.0 Å². The first-order valence-electron chi connectivity index (χ1n) is 28.2. The normalized spacial score (nSPS) is 13.3. The molecule has 2 unspecified atom stereocenters. The largest absolute Gasteiger partial charge is 0.756 e. The average Bonchev–Trinajstić information content (AvgIpc) is 3.26. The van der Waals surface area contributed by atoms with Gasteiger partial charge in [-0.25, -0.2) is 0 Å². The third-order valence-corrected chi connectivity index (χ3v) is 13.8. The van der Waals surface area contributed by atoms with E-state index in [1.165, 1.54) is 225 Å². The molecule has 0 aromatic rings. The summed E-state index contributed by atoms with van der Waals surface area (Å²) in [7, 11) is 1.19. The monoisotopic (exact) mass is 944 g/mol. The van der Waals surface area contributed by atoms with Crippen LogP contribution in [0, 0.1) is 0 Å². The van der Waals surface area contributed by atoms with Crippen LogP contribution in [0.5, 0.6) is 0 Å². The highest BCUT2D eigenvalue weighted by Crippen LogP contribution is 2.38. The van der Waals surface area contributed by atoms with Gasteiger partial charge in [-0.1, -0.05) is 264 Å². The maximum Gasteiger partial charge on any atom is 0.306 e. The molecule has 65 heavy (non-hydrogen) atoms. The molecule has 0 aromatic carbocycles. The molecule has 0 rings (SSSR count). The van der Waals surface area contributed by atoms with Crippen LogP contribution in [0.4, 0.5) is 0 Å². The zero-order valence-corrected chi connectivity index (χ0v) is 44.9. The number of phosphoric acid groups is 1. The van der Waals surface area contributed by atoms with E-state index in [2.05, 4.69) is 13.8 Å². The predicted molar refractivity (Wildman–Crippen MR) is 273 cm³/mol. The molecule has 0 aliphatic heterocycles. The molecule has 0 spiro atoms. The quantitative estimate of drug-likeness (QED) is 0.0257. The van der Waals surface area contributed by atoms with Crippen molar-refractivity contribution in [2.45, 2.75) is 296 Å². The molecule has 0 saturated carbocycles. The van der Waals surface area contributed by atoms with Crippen molar-refractivity contribution in [3.8, 4) is 0 Å². The minimum atomic E-state index is -4.63. The number of carbonyl (C=O) groups excluding carboxylic acids is 2. The standard InChI is InChI=1S/C55H110NO8P/c1-6-8-10-12-14-16-18-20-22-24-26-27-28-30-32-34-36-38-40-42-44-46-48-55(58)64-53(52-63-65(59,60)62-50-49-56(3,4)5)51-61-54(57)47-45-43-41-39-37-35-33-31-29-25-23-21-19-17-15-13-11-9-7-2/h53H,6-52H2,1-5H3. The first-order valence-corrected chi connectivity index (χ1v) is 29.7. The Kier molecular flexibility index (Phi) is 47.3. The summed E-state index contributed by atoms with van der Waals surface area (Å²) in [5, 5.41) is 0. The van der Waals surface area contributed by atoms with Gasteiger partial charge < -0.3 is 27.9 Å². The summed E-state index contributed by atoms with van der Waals surface area (Å²) in [4.78, 5) is 37.8. The molecule has 0 aliphatic carbocycles. The van der Waals surface area contributed by atoms with Gasteiger partial charge in [-0.05, 0) is 12.8 Å². The van der Waals surface area contributed by atoms with E-state index in [1.54, 1.807) is 0 Å². The summed E-state index contributed by atoms with van der Waals surface area (Å²) in [6.07, 6.45) is 52.8. The van der Waals surface area contributed by atoms with Crippen molar-refractivity contribution in [3.05, 3.63) is 0 Å². The molecular formula is C55H110NO8P. The fourth-order valence-corrected chi connectivity index (χ4v) is 9.21. The Morgan fingerprint density at radius 1 is 0.415 bits per heavy atom. The first kappa shape index (κ1) is 64.0. The lowest BCUT2D eigenvalue weighted by Gasteiger charge is -2.28. The molecule has 0 aliphatic rings. The molecule has 0 saturated heterocycles. The average molecular weight is 944 g/mol.